The number of benzene rings is 1. The van der Waals surface area contributed by atoms with Gasteiger partial charge < -0.3 is 9.15 Å². The predicted molar refractivity (Wildman–Crippen MR) is 80.0 cm³/mol. The first-order chi connectivity index (χ1) is 9.99. The van der Waals surface area contributed by atoms with Crippen molar-refractivity contribution < 1.29 is 13.9 Å². The van der Waals surface area contributed by atoms with Crippen molar-refractivity contribution in [3.05, 3.63) is 40.7 Å². The molecule has 0 bridgehead atoms. The molecular formula is C15H17ClN2O3. The van der Waals surface area contributed by atoms with Crippen molar-refractivity contribution in [2.45, 2.75) is 13.5 Å². The topological polar surface area (TPSA) is 55.6 Å². The summed E-state index contributed by atoms with van der Waals surface area (Å²) in [6.45, 7) is 2.56. The van der Waals surface area contributed by atoms with Crippen LogP contribution in [0.25, 0.3) is 11.5 Å². The van der Waals surface area contributed by atoms with E-state index in [2.05, 4.69) is 9.72 Å². The molecule has 1 aromatic carbocycles. The van der Waals surface area contributed by atoms with E-state index in [-0.39, 0.29) is 12.5 Å². The highest BCUT2D eigenvalue weighted by molar-refractivity contribution is 6.30. The molecule has 0 spiro atoms. The molecule has 6 heteroatoms. The van der Waals surface area contributed by atoms with Crippen LogP contribution >= 0.6 is 11.6 Å². The number of aryl methyl sites for hydroxylation is 1. The van der Waals surface area contributed by atoms with Gasteiger partial charge in [-0.2, -0.15) is 0 Å². The van der Waals surface area contributed by atoms with E-state index in [0.717, 1.165) is 17.0 Å². The summed E-state index contributed by atoms with van der Waals surface area (Å²) in [5, 5.41) is 0.632. The maximum Gasteiger partial charge on any atom is 0.319 e. The van der Waals surface area contributed by atoms with Crippen LogP contribution in [-0.4, -0.2) is 36.6 Å². The van der Waals surface area contributed by atoms with E-state index in [1.165, 1.54) is 7.11 Å². The summed E-state index contributed by atoms with van der Waals surface area (Å²) in [5.74, 6) is 0.965. The predicted octanol–water partition coefficient (Wildman–Crippen LogP) is 2.91. The molecule has 2 rings (SSSR count). The third-order valence-electron chi connectivity index (χ3n) is 3.01. The highest BCUT2D eigenvalue weighted by Crippen LogP contribution is 2.24. The van der Waals surface area contributed by atoms with Gasteiger partial charge in [0, 0.05) is 17.1 Å². The normalized spacial score (nSPS) is 10.9. The number of carbonyl (C=O) groups excluding carboxylic acids is 1. The molecule has 5 nitrogen and oxygen atoms in total. The Balaban J connectivity index is 2.14. The van der Waals surface area contributed by atoms with Crippen LogP contribution in [0.15, 0.2) is 28.7 Å². The van der Waals surface area contributed by atoms with Crippen molar-refractivity contribution in [2.75, 3.05) is 20.7 Å². The minimum absolute atomic E-state index is 0.204. The first kappa shape index (κ1) is 15.5. The first-order valence-corrected chi connectivity index (χ1v) is 6.85. The van der Waals surface area contributed by atoms with E-state index in [1.54, 1.807) is 12.1 Å². The minimum Gasteiger partial charge on any atom is -0.468 e. The fourth-order valence-corrected chi connectivity index (χ4v) is 2.11. The Labute approximate surface area is 128 Å². The summed E-state index contributed by atoms with van der Waals surface area (Å²) in [7, 11) is 3.19. The highest BCUT2D eigenvalue weighted by atomic mass is 35.5. The molecule has 112 valence electrons. The zero-order valence-corrected chi connectivity index (χ0v) is 13.0. The molecule has 0 fully saturated rings. The summed E-state index contributed by atoms with van der Waals surface area (Å²) >= 11 is 5.97. The number of oxazole rings is 1. The monoisotopic (exact) mass is 308 g/mol. The van der Waals surface area contributed by atoms with Crippen molar-refractivity contribution in [3.8, 4) is 11.5 Å². The smallest absolute Gasteiger partial charge is 0.319 e. The third-order valence-corrected chi connectivity index (χ3v) is 3.25. The lowest BCUT2D eigenvalue weighted by Gasteiger charge is -2.13. The van der Waals surface area contributed by atoms with E-state index >= 15 is 0 Å². The third kappa shape index (κ3) is 4.06. The average molecular weight is 309 g/mol. The lowest BCUT2D eigenvalue weighted by molar-refractivity contribution is -0.141. The number of aromatic nitrogens is 1. The fraction of sp³-hybridized carbons (Fsp3) is 0.333. The van der Waals surface area contributed by atoms with Crippen LogP contribution in [0.2, 0.25) is 5.02 Å². The molecule has 0 amide bonds. The van der Waals surface area contributed by atoms with Gasteiger partial charge in [0.05, 0.1) is 19.3 Å². The van der Waals surface area contributed by atoms with E-state index in [1.807, 2.05) is 31.0 Å². The number of hydrogen-bond donors (Lipinski definition) is 0. The molecule has 2 aromatic rings. The standard InChI is InChI=1S/C15H17ClN2O3/c1-10-13(8-18(2)9-14(19)20-3)17-15(21-10)11-5-4-6-12(16)7-11/h4-7H,8-9H2,1-3H3. The summed E-state index contributed by atoms with van der Waals surface area (Å²) in [4.78, 5) is 17.5. The number of ether oxygens (including phenoxy) is 1. The van der Waals surface area contributed by atoms with Crippen molar-refractivity contribution in [1.29, 1.82) is 0 Å². The Morgan fingerprint density at radius 1 is 1.48 bits per heavy atom. The maximum absolute atomic E-state index is 11.2. The molecule has 21 heavy (non-hydrogen) atoms. The fourth-order valence-electron chi connectivity index (χ4n) is 1.92. The molecule has 1 heterocycles. The van der Waals surface area contributed by atoms with Gasteiger partial charge in [-0.05, 0) is 32.2 Å². The zero-order chi connectivity index (χ0) is 15.4. The SMILES string of the molecule is COC(=O)CN(C)Cc1nc(-c2cccc(Cl)c2)oc1C. The molecular weight excluding hydrogens is 292 g/mol. The second kappa shape index (κ2) is 6.74. The van der Waals surface area contributed by atoms with Gasteiger partial charge in [-0.1, -0.05) is 17.7 Å². The van der Waals surface area contributed by atoms with Crippen LogP contribution in [0, 0.1) is 6.92 Å². The van der Waals surface area contributed by atoms with Gasteiger partial charge >= 0.3 is 5.97 Å². The van der Waals surface area contributed by atoms with Crippen molar-refractivity contribution in [3.63, 3.8) is 0 Å². The van der Waals surface area contributed by atoms with Crippen molar-refractivity contribution in [2.24, 2.45) is 0 Å². The van der Waals surface area contributed by atoms with Gasteiger partial charge in [0.1, 0.15) is 5.76 Å². The minimum atomic E-state index is -0.284. The van der Waals surface area contributed by atoms with Crippen LogP contribution in [0.3, 0.4) is 0 Å². The number of nitrogens with zero attached hydrogens (tertiary/aromatic N) is 2. The Hall–Kier alpha value is -1.85. The molecule has 0 aliphatic carbocycles. The number of carbonyl (C=O) groups is 1. The molecule has 0 atom stereocenters. The van der Waals surface area contributed by atoms with Gasteiger partial charge in [-0.15, -0.1) is 0 Å². The largest absolute Gasteiger partial charge is 0.468 e. The second-order valence-corrected chi connectivity index (χ2v) is 5.22. The second-order valence-electron chi connectivity index (χ2n) is 4.78. The van der Waals surface area contributed by atoms with Gasteiger partial charge in [-0.3, -0.25) is 9.69 Å². The Kier molecular flexibility index (Phi) is 4.98. The van der Waals surface area contributed by atoms with Gasteiger partial charge in [-0.25, -0.2) is 4.98 Å². The number of likely N-dealkylation sites (N-methyl/N-ethyl adjacent to an activating group) is 1. The first-order valence-electron chi connectivity index (χ1n) is 6.47. The molecule has 0 aliphatic rings. The number of rotatable bonds is 5. The number of hydrogen-bond acceptors (Lipinski definition) is 5. The van der Waals surface area contributed by atoms with Crippen molar-refractivity contribution >= 4 is 17.6 Å². The van der Waals surface area contributed by atoms with Gasteiger partial charge in [0.2, 0.25) is 5.89 Å². The summed E-state index contributed by atoms with van der Waals surface area (Å²) in [6.07, 6.45) is 0. The molecule has 0 saturated heterocycles. The number of methoxy groups -OCH3 is 1. The number of esters is 1. The van der Waals surface area contributed by atoms with E-state index in [0.29, 0.717) is 17.5 Å². The zero-order valence-electron chi connectivity index (χ0n) is 12.2. The van der Waals surface area contributed by atoms with Crippen LogP contribution in [0.1, 0.15) is 11.5 Å². The highest BCUT2D eigenvalue weighted by Gasteiger charge is 2.15. The van der Waals surface area contributed by atoms with Crippen LogP contribution in [-0.2, 0) is 16.1 Å². The van der Waals surface area contributed by atoms with Crippen LogP contribution in [0.5, 0.6) is 0 Å². The molecule has 0 unspecified atom stereocenters. The van der Waals surface area contributed by atoms with E-state index < -0.39 is 0 Å². The molecule has 0 aliphatic heterocycles. The Morgan fingerprint density at radius 3 is 2.90 bits per heavy atom. The number of halogens is 1. The summed E-state index contributed by atoms with van der Waals surface area (Å²) < 4.78 is 10.3. The Morgan fingerprint density at radius 2 is 2.24 bits per heavy atom. The van der Waals surface area contributed by atoms with Gasteiger partial charge in [0.15, 0.2) is 0 Å². The molecule has 0 radical (unpaired) electrons. The average Bonchev–Trinajstić information content (AvgIpc) is 2.80. The maximum atomic E-state index is 11.2. The molecule has 0 saturated carbocycles. The van der Waals surface area contributed by atoms with E-state index in [9.17, 15) is 4.79 Å². The summed E-state index contributed by atoms with van der Waals surface area (Å²) in [6, 6.07) is 7.33. The lowest BCUT2D eigenvalue weighted by atomic mass is 10.2. The molecule has 1 aromatic heterocycles. The van der Waals surface area contributed by atoms with E-state index in [4.69, 9.17) is 16.0 Å². The van der Waals surface area contributed by atoms with Crippen LogP contribution in [0.4, 0.5) is 0 Å². The lowest BCUT2D eigenvalue weighted by Crippen LogP contribution is -2.26. The molecule has 0 N–H and O–H groups in total. The van der Waals surface area contributed by atoms with Crippen LogP contribution < -0.4 is 0 Å². The quantitative estimate of drug-likeness (QED) is 0.795. The van der Waals surface area contributed by atoms with Gasteiger partial charge in [0.25, 0.3) is 0 Å². The summed E-state index contributed by atoms with van der Waals surface area (Å²) in [5.41, 5.74) is 1.61. The Bertz CT molecular complexity index is 640. The van der Waals surface area contributed by atoms with Crippen molar-refractivity contribution in [1.82, 2.24) is 9.88 Å².